The van der Waals surface area contributed by atoms with Gasteiger partial charge < -0.3 is 10.2 Å². The third-order valence-corrected chi connectivity index (χ3v) is 7.46. The van der Waals surface area contributed by atoms with E-state index in [4.69, 9.17) is 0 Å². The van der Waals surface area contributed by atoms with Gasteiger partial charge in [0, 0.05) is 29.0 Å². The fourth-order valence-corrected chi connectivity index (χ4v) is 5.08. The van der Waals surface area contributed by atoms with Crippen molar-refractivity contribution in [2.45, 2.75) is 38.9 Å². The molecule has 2 amide bonds. The lowest BCUT2D eigenvalue weighted by atomic mass is 10.0. The number of benzene rings is 3. The first-order valence-electron chi connectivity index (χ1n) is 12.1. The predicted molar refractivity (Wildman–Crippen MR) is 150 cm³/mol. The monoisotopic (exact) mass is 603 g/mol. The second kappa shape index (κ2) is 13.0. The van der Waals surface area contributed by atoms with Crippen LogP contribution in [0.25, 0.3) is 0 Å². The number of amides is 2. The summed E-state index contributed by atoms with van der Waals surface area (Å²) in [5.74, 6) is -1.58. The Kier molecular flexibility index (Phi) is 10.0. The molecule has 0 radical (unpaired) electrons. The summed E-state index contributed by atoms with van der Waals surface area (Å²) in [6.45, 7) is 2.83. The molecule has 0 aromatic heterocycles. The number of nitrogens with one attached hydrogen (secondary N) is 1. The van der Waals surface area contributed by atoms with Gasteiger partial charge in [-0.1, -0.05) is 64.5 Å². The number of hydrogen-bond donors (Lipinski definition) is 1. The SMILES string of the molecule is CC(C)NC(=O)[C@H](Cc1ccccc1)N(Cc1ccccc1F)C(=O)CN(c1ccc(Br)cc1)S(C)(=O)=O. The van der Waals surface area contributed by atoms with E-state index in [-0.39, 0.29) is 24.6 Å². The quantitative estimate of drug-likeness (QED) is 0.349. The van der Waals surface area contributed by atoms with E-state index < -0.39 is 40.2 Å². The van der Waals surface area contributed by atoms with Crippen molar-refractivity contribution in [3.8, 4) is 0 Å². The highest BCUT2D eigenvalue weighted by Crippen LogP contribution is 2.23. The lowest BCUT2D eigenvalue weighted by Crippen LogP contribution is -2.54. The number of sulfonamides is 1. The molecular weight excluding hydrogens is 573 g/mol. The van der Waals surface area contributed by atoms with Crippen molar-refractivity contribution < 1.29 is 22.4 Å². The van der Waals surface area contributed by atoms with E-state index in [2.05, 4.69) is 21.2 Å². The zero-order valence-corrected chi connectivity index (χ0v) is 23.9. The molecule has 0 saturated carbocycles. The summed E-state index contributed by atoms with van der Waals surface area (Å²) < 4.78 is 41.9. The van der Waals surface area contributed by atoms with Crippen LogP contribution in [-0.4, -0.2) is 50.0 Å². The Bertz CT molecular complexity index is 1350. The minimum atomic E-state index is -3.87. The van der Waals surface area contributed by atoms with Crippen molar-refractivity contribution in [2.24, 2.45) is 0 Å². The van der Waals surface area contributed by atoms with E-state index >= 15 is 0 Å². The number of carbonyl (C=O) groups is 2. The van der Waals surface area contributed by atoms with E-state index in [9.17, 15) is 22.4 Å². The van der Waals surface area contributed by atoms with Crippen LogP contribution in [0.15, 0.2) is 83.3 Å². The Hall–Kier alpha value is -3.24. The average Bonchev–Trinajstić information content (AvgIpc) is 2.85. The Morgan fingerprint density at radius 3 is 2.13 bits per heavy atom. The molecule has 7 nitrogen and oxygen atoms in total. The maximum Gasteiger partial charge on any atom is 0.244 e. The summed E-state index contributed by atoms with van der Waals surface area (Å²) in [6.07, 6.45) is 1.17. The summed E-state index contributed by atoms with van der Waals surface area (Å²) in [5, 5.41) is 2.86. The third kappa shape index (κ3) is 8.13. The van der Waals surface area contributed by atoms with Crippen molar-refractivity contribution in [3.63, 3.8) is 0 Å². The zero-order chi connectivity index (χ0) is 27.9. The van der Waals surface area contributed by atoms with E-state index in [0.717, 1.165) is 20.6 Å². The molecule has 0 saturated heterocycles. The fraction of sp³-hybridized carbons (Fsp3) is 0.286. The van der Waals surface area contributed by atoms with Crippen LogP contribution < -0.4 is 9.62 Å². The number of anilines is 1. The van der Waals surface area contributed by atoms with Gasteiger partial charge in [-0.15, -0.1) is 0 Å². The highest BCUT2D eigenvalue weighted by Gasteiger charge is 2.33. The number of nitrogens with zero attached hydrogens (tertiary/aromatic N) is 2. The number of halogens is 2. The first-order valence-corrected chi connectivity index (χ1v) is 14.7. The molecule has 202 valence electrons. The second-order valence-electron chi connectivity index (χ2n) is 9.23. The summed E-state index contributed by atoms with van der Waals surface area (Å²) in [4.78, 5) is 28.6. The van der Waals surface area contributed by atoms with Crippen molar-refractivity contribution >= 4 is 43.5 Å². The van der Waals surface area contributed by atoms with Crippen molar-refractivity contribution in [1.82, 2.24) is 10.2 Å². The second-order valence-corrected chi connectivity index (χ2v) is 12.1. The zero-order valence-electron chi connectivity index (χ0n) is 21.5. The highest BCUT2D eigenvalue weighted by atomic mass is 79.9. The van der Waals surface area contributed by atoms with Gasteiger partial charge in [-0.3, -0.25) is 13.9 Å². The maximum atomic E-state index is 14.7. The van der Waals surface area contributed by atoms with Crippen LogP contribution >= 0.6 is 15.9 Å². The minimum absolute atomic E-state index is 0.163. The van der Waals surface area contributed by atoms with Crippen LogP contribution in [0, 0.1) is 5.82 Å². The van der Waals surface area contributed by atoms with Gasteiger partial charge in [-0.2, -0.15) is 0 Å². The summed E-state index contributed by atoms with van der Waals surface area (Å²) in [5.41, 5.74) is 1.31. The molecule has 3 rings (SSSR count). The first kappa shape index (κ1) is 29.3. The largest absolute Gasteiger partial charge is 0.352 e. The van der Waals surface area contributed by atoms with Crippen molar-refractivity contribution in [1.29, 1.82) is 0 Å². The number of rotatable bonds is 11. The molecule has 0 aliphatic rings. The Morgan fingerprint density at radius 2 is 1.55 bits per heavy atom. The lowest BCUT2D eigenvalue weighted by molar-refractivity contribution is -0.140. The summed E-state index contributed by atoms with van der Waals surface area (Å²) in [7, 11) is -3.87. The van der Waals surface area contributed by atoms with Gasteiger partial charge >= 0.3 is 0 Å². The van der Waals surface area contributed by atoms with Gasteiger partial charge in [0.2, 0.25) is 21.8 Å². The van der Waals surface area contributed by atoms with Crippen LogP contribution in [0.2, 0.25) is 0 Å². The van der Waals surface area contributed by atoms with Crippen LogP contribution in [0.4, 0.5) is 10.1 Å². The van der Waals surface area contributed by atoms with Crippen molar-refractivity contribution in [3.05, 3.63) is 100 Å². The number of carbonyl (C=O) groups excluding carboxylic acids is 2. The average molecular weight is 605 g/mol. The van der Waals surface area contributed by atoms with Gasteiger partial charge in [0.15, 0.2) is 0 Å². The molecule has 1 N–H and O–H groups in total. The molecule has 0 aliphatic heterocycles. The Morgan fingerprint density at radius 1 is 0.947 bits per heavy atom. The minimum Gasteiger partial charge on any atom is -0.352 e. The molecule has 0 heterocycles. The molecule has 0 fully saturated rings. The van der Waals surface area contributed by atoms with E-state index in [1.807, 2.05) is 30.3 Å². The summed E-state index contributed by atoms with van der Waals surface area (Å²) >= 11 is 3.33. The van der Waals surface area contributed by atoms with E-state index in [1.54, 1.807) is 50.2 Å². The molecule has 0 unspecified atom stereocenters. The molecule has 3 aromatic carbocycles. The third-order valence-electron chi connectivity index (χ3n) is 5.79. The van der Waals surface area contributed by atoms with Gasteiger partial charge in [-0.05, 0) is 49.7 Å². The molecule has 38 heavy (non-hydrogen) atoms. The predicted octanol–water partition coefficient (Wildman–Crippen LogP) is 4.52. The first-order chi connectivity index (χ1) is 18.0. The molecule has 0 bridgehead atoms. The van der Waals surface area contributed by atoms with Gasteiger partial charge in [0.05, 0.1) is 11.9 Å². The molecule has 1 atom stereocenters. The number of hydrogen-bond acceptors (Lipinski definition) is 4. The van der Waals surface area contributed by atoms with Crippen LogP contribution in [-0.2, 0) is 32.6 Å². The van der Waals surface area contributed by atoms with E-state index in [0.29, 0.717) is 5.69 Å². The molecular formula is C28H31BrFN3O4S. The maximum absolute atomic E-state index is 14.7. The van der Waals surface area contributed by atoms with Crippen LogP contribution in [0.5, 0.6) is 0 Å². The standard InChI is InChI=1S/C28H31BrFN3O4S/c1-20(2)31-28(35)26(17-21-9-5-4-6-10-21)32(18-22-11-7-8-12-25(22)30)27(34)19-33(38(3,36)37)24-15-13-23(29)14-16-24/h4-16,20,26H,17-19H2,1-3H3,(H,31,35)/t26-/m0/s1. The fourth-order valence-electron chi connectivity index (χ4n) is 3.97. The van der Waals surface area contributed by atoms with Crippen molar-refractivity contribution in [2.75, 3.05) is 17.1 Å². The molecule has 3 aromatic rings. The lowest BCUT2D eigenvalue weighted by Gasteiger charge is -2.34. The molecule has 0 aliphatic carbocycles. The van der Waals surface area contributed by atoms with E-state index in [1.165, 1.54) is 17.0 Å². The van der Waals surface area contributed by atoms with Gasteiger partial charge in [0.1, 0.15) is 18.4 Å². The van der Waals surface area contributed by atoms with Gasteiger partial charge in [-0.25, -0.2) is 12.8 Å². The normalized spacial score (nSPS) is 12.2. The topological polar surface area (TPSA) is 86.8 Å². The smallest absolute Gasteiger partial charge is 0.244 e. The Balaban J connectivity index is 2.06. The molecule has 0 spiro atoms. The van der Waals surface area contributed by atoms with Crippen LogP contribution in [0.1, 0.15) is 25.0 Å². The Labute approximate surface area is 231 Å². The summed E-state index contributed by atoms with van der Waals surface area (Å²) in [6, 6.07) is 20.5. The van der Waals surface area contributed by atoms with Crippen LogP contribution in [0.3, 0.4) is 0 Å². The highest BCUT2D eigenvalue weighted by molar-refractivity contribution is 9.10. The molecule has 10 heteroatoms. The van der Waals surface area contributed by atoms with Gasteiger partial charge in [0.25, 0.3) is 0 Å².